The molecule has 6 heteroatoms. The van der Waals surface area contributed by atoms with Gasteiger partial charge in [-0.15, -0.1) is 0 Å². The zero-order chi connectivity index (χ0) is 19.6. The van der Waals surface area contributed by atoms with E-state index in [1.165, 1.54) is 0 Å². The molecular formula is C23H24N4O2. The molecule has 2 atom stereocenters. The predicted molar refractivity (Wildman–Crippen MR) is 111 cm³/mol. The fourth-order valence-electron chi connectivity index (χ4n) is 4.58. The van der Waals surface area contributed by atoms with Crippen LogP contribution < -0.4 is 9.64 Å². The Kier molecular flexibility index (Phi) is 4.82. The number of fused-ring (bicyclic) bond motifs is 2. The molecule has 0 N–H and O–H groups in total. The smallest absolute Gasteiger partial charge is 0.180 e. The largest absolute Gasteiger partial charge is 0.492 e. The Morgan fingerprint density at radius 3 is 2.86 bits per heavy atom. The number of anilines is 1. The van der Waals surface area contributed by atoms with Gasteiger partial charge in [-0.2, -0.15) is 5.26 Å². The van der Waals surface area contributed by atoms with E-state index in [2.05, 4.69) is 27.1 Å². The number of aromatic nitrogens is 1. The molecular weight excluding hydrogens is 364 g/mol. The van der Waals surface area contributed by atoms with E-state index in [0.29, 0.717) is 29.9 Å². The molecule has 29 heavy (non-hydrogen) atoms. The van der Waals surface area contributed by atoms with Crippen molar-refractivity contribution < 1.29 is 9.26 Å². The maximum Gasteiger partial charge on any atom is 0.180 e. The van der Waals surface area contributed by atoms with Gasteiger partial charge in [-0.3, -0.25) is 4.90 Å². The lowest BCUT2D eigenvalue weighted by Crippen LogP contribution is -2.57. The molecule has 6 nitrogen and oxygen atoms in total. The van der Waals surface area contributed by atoms with Crippen LogP contribution in [0.5, 0.6) is 5.75 Å². The molecule has 1 aromatic heterocycles. The molecule has 3 aromatic rings. The number of piperazine rings is 1. The van der Waals surface area contributed by atoms with Gasteiger partial charge in [0.2, 0.25) is 0 Å². The molecule has 2 aliphatic rings. The molecule has 2 aliphatic heterocycles. The van der Waals surface area contributed by atoms with Gasteiger partial charge in [0, 0.05) is 38.1 Å². The highest BCUT2D eigenvalue weighted by molar-refractivity contribution is 5.88. The van der Waals surface area contributed by atoms with E-state index in [1.807, 2.05) is 36.4 Å². The maximum absolute atomic E-state index is 9.22. The van der Waals surface area contributed by atoms with Crippen LogP contribution in [0.4, 0.5) is 5.82 Å². The third kappa shape index (κ3) is 3.54. The van der Waals surface area contributed by atoms with Crippen LogP contribution in [0.15, 0.2) is 53.1 Å². The van der Waals surface area contributed by atoms with Gasteiger partial charge in [-0.25, -0.2) is 0 Å². The first-order valence-corrected chi connectivity index (χ1v) is 10.3. The molecule has 5 rings (SSSR count). The van der Waals surface area contributed by atoms with E-state index in [9.17, 15) is 5.26 Å². The lowest BCUT2D eigenvalue weighted by molar-refractivity contribution is 0.0726. The standard InChI is InChI=1S/C23H24N4O2/c24-13-18-5-1-3-7-21(18)28-16-17-9-10-19-15-27(12-11-26(19)14-17)23-20-6-2-4-8-22(20)29-25-23/h1-8,17,19H,9-12,14-16H2. The minimum absolute atomic E-state index is 0.498. The predicted octanol–water partition coefficient (Wildman–Crippen LogP) is 3.68. The van der Waals surface area contributed by atoms with Crippen molar-refractivity contribution in [2.75, 3.05) is 37.7 Å². The van der Waals surface area contributed by atoms with Gasteiger partial charge in [0.05, 0.1) is 17.6 Å². The van der Waals surface area contributed by atoms with Crippen molar-refractivity contribution in [2.24, 2.45) is 5.92 Å². The van der Waals surface area contributed by atoms with Gasteiger partial charge in [-0.1, -0.05) is 29.4 Å². The van der Waals surface area contributed by atoms with Gasteiger partial charge in [0.25, 0.3) is 0 Å². The summed E-state index contributed by atoms with van der Waals surface area (Å²) < 4.78 is 11.5. The molecule has 2 unspecified atom stereocenters. The van der Waals surface area contributed by atoms with Crippen molar-refractivity contribution in [3.63, 3.8) is 0 Å². The highest BCUT2D eigenvalue weighted by Gasteiger charge is 2.34. The van der Waals surface area contributed by atoms with Crippen molar-refractivity contribution in [1.29, 1.82) is 5.26 Å². The van der Waals surface area contributed by atoms with Crippen molar-refractivity contribution in [1.82, 2.24) is 10.1 Å². The second-order valence-corrected chi connectivity index (χ2v) is 7.96. The molecule has 0 aliphatic carbocycles. The summed E-state index contributed by atoms with van der Waals surface area (Å²) in [6.45, 7) is 4.68. The molecule has 0 bridgehead atoms. The number of hydrogen-bond acceptors (Lipinski definition) is 6. The van der Waals surface area contributed by atoms with E-state index in [4.69, 9.17) is 9.26 Å². The Morgan fingerprint density at radius 1 is 1.07 bits per heavy atom. The number of ether oxygens (including phenoxy) is 1. The molecule has 148 valence electrons. The number of rotatable bonds is 4. The van der Waals surface area contributed by atoms with Gasteiger partial charge >= 0.3 is 0 Å². The Hall–Kier alpha value is -3.04. The monoisotopic (exact) mass is 388 g/mol. The zero-order valence-corrected chi connectivity index (χ0v) is 16.3. The van der Waals surface area contributed by atoms with E-state index in [0.717, 1.165) is 55.8 Å². The summed E-state index contributed by atoms with van der Waals surface area (Å²) >= 11 is 0. The van der Waals surface area contributed by atoms with Gasteiger partial charge < -0.3 is 14.2 Å². The lowest BCUT2D eigenvalue weighted by atomic mass is 9.91. The summed E-state index contributed by atoms with van der Waals surface area (Å²) in [5, 5.41) is 14.7. The summed E-state index contributed by atoms with van der Waals surface area (Å²) in [5.41, 5.74) is 1.46. The fourth-order valence-corrected chi connectivity index (χ4v) is 4.58. The van der Waals surface area contributed by atoms with Crippen molar-refractivity contribution in [2.45, 2.75) is 18.9 Å². The van der Waals surface area contributed by atoms with E-state index < -0.39 is 0 Å². The molecule has 0 saturated carbocycles. The minimum atomic E-state index is 0.498. The lowest BCUT2D eigenvalue weighted by Gasteiger charge is -2.46. The van der Waals surface area contributed by atoms with Crippen LogP contribution in [0.3, 0.4) is 0 Å². The normalized spacial score (nSPS) is 22.2. The third-order valence-corrected chi connectivity index (χ3v) is 6.15. The summed E-state index contributed by atoms with van der Waals surface area (Å²) in [4.78, 5) is 4.96. The Morgan fingerprint density at radius 2 is 1.93 bits per heavy atom. The van der Waals surface area contributed by atoms with Crippen LogP contribution in [-0.4, -0.2) is 48.9 Å². The quantitative estimate of drug-likeness (QED) is 0.679. The van der Waals surface area contributed by atoms with E-state index in [-0.39, 0.29) is 0 Å². The summed E-state index contributed by atoms with van der Waals surface area (Å²) in [6, 6.07) is 18.3. The van der Waals surface area contributed by atoms with Crippen LogP contribution in [-0.2, 0) is 0 Å². The highest BCUT2D eigenvalue weighted by atomic mass is 16.5. The highest BCUT2D eigenvalue weighted by Crippen LogP contribution is 2.31. The van der Waals surface area contributed by atoms with E-state index >= 15 is 0 Å². The first-order chi connectivity index (χ1) is 14.3. The Bertz CT molecular complexity index is 1040. The summed E-state index contributed by atoms with van der Waals surface area (Å²) in [6.07, 6.45) is 2.30. The topological polar surface area (TPSA) is 65.5 Å². The van der Waals surface area contributed by atoms with Crippen molar-refractivity contribution in [3.05, 3.63) is 54.1 Å². The Balaban J connectivity index is 1.20. The van der Waals surface area contributed by atoms with Gasteiger partial charge in [0.1, 0.15) is 11.8 Å². The molecule has 2 aromatic carbocycles. The number of piperidine rings is 1. The second kappa shape index (κ2) is 7.76. The number of para-hydroxylation sites is 2. The number of nitriles is 1. The van der Waals surface area contributed by atoms with E-state index in [1.54, 1.807) is 6.07 Å². The molecule has 2 saturated heterocycles. The van der Waals surface area contributed by atoms with Crippen LogP contribution in [0.2, 0.25) is 0 Å². The van der Waals surface area contributed by atoms with Crippen LogP contribution in [0, 0.1) is 17.2 Å². The average Bonchev–Trinajstić information content (AvgIpc) is 3.21. The van der Waals surface area contributed by atoms with Crippen molar-refractivity contribution >= 4 is 16.8 Å². The third-order valence-electron chi connectivity index (χ3n) is 6.15. The molecule has 0 amide bonds. The van der Waals surface area contributed by atoms with Gasteiger partial charge in [-0.05, 0) is 37.1 Å². The van der Waals surface area contributed by atoms with Gasteiger partial charge in [0.15, 0.2) is 11.4 Å². The first kappa shape index (κ1) is 18.0. The van der Waals surface area contributed by atoms with Crippen molar-refractivity contribution in [3.8, 4) is 11.8 Å². The van der Waals surface area contributed by atoms with Crippen LogP contribution >= 0.6 is 0 Å². The van der Waals surface area contributed by atoms with Crippen LogP contribution in [0.1, 0.15) is 18.4 Å². The maximum atomic E-state index is 9.22. The van der Waals surface area contributed by atoms with Crippen LogP contribution in [0.25, 0.3) is 11.0 Å². The average molecular weight is 388 g/mol. The summed E-state index contributed by atoms with van der Waals surface area (Å²) in [7, 11) is 0. The minimum Gasteiger partial charge on any atom is -0.492 e. The number of nitrogens with zero attached hydrogens (tertiary/aromatic N) is 4. The summed E-state index contributed by atoms with van der Waals surface area (Å²) in [5.74, 6) is 2.16. The molecule has 0 spiro atoms. The number of hydrogen-bond donors (Lipinski definition) is 0. The SMILES string of the molecule is N#Cc1ccccc1OCC1CCC2CN(c3noc4ccccc34)CCN2C1. The fraction of sp³-hybridized carbons (Fsp3) is 0.391. The number of benzene rings is 2. The first-order valence-electron chi connectivity index (χ1n) is 10.3. The molecule has 3 heterocycles. The molecule has 0 radical (unpaired) electrons. The molecule has 2 fully saturated rings. The zero-order valence-electron chi connectivity index (χ0n) is 16.3. The second-order valence-electron chi connectivity index (χ2n) is 7.96. The Labute approximate surface area is 170 Å².